The second-order valence-corrected chi connectivity index (χ2v) is 8.32. The number of hydrogen-bond acceptors (Lipinski definition) is 5. The van der Waals surface area contributed by atoms with Crippen molar-refractivity contribution >= 4 is 27.5 Å². The average molecular weight is 480 g/mol. The fourth-order valence-electron chi connectivity index (χ4n) is 3.62. The van der Waals surface area contributed by atoms with Crippen LogP contribution in [0.5, 0.6) is 0 Å². The first-order valence-electron chi connectivity index (χ1n) is 9.74. The number of fused-ring (bicyclic) bond motifs is 1. The SMILES string of the molecule is Cc1ncc(-c2ccc(NC3=CN(Br)Cn4cc(-c5ccc(F)cc5C)nc43)cc2)o1. The zero-order valence-corrected chi connectivity index (χ0v) is 18.5. The molecule has 1 aliphatic rings. The van der Waals surface area contributed by atoms with Crippen molar-refractivity contribution in [3.8, 4) is 22.6 Å². The van der Waals surface area contributed by atoms with Gasteiger partial charge in [-0.15, -0.1) is 0 Å². The summed E-state index contributed by atoms with van der Waals surface area (Å²) in [6.07, 6.45) is 5.66. The molecule has 6 nitrogen and oxygen atoms in total. The zero-order chi connectivity index (χ0) is 21.5. The Kier molecular flexibility index (Phi) is 4.86. The highest BCUT2D eigenvalue weighted by Crippen LogP contribution is 2.30. The minimum atomic E-state index is -0.247. The lowest BCUT2D eigenvalue weighted by atomic mass is 10.1. The van der Waals surface area contributed by atoms with Crippen molar-refractivity contribution in [1.29, 1.82) is 0 Å². The van der Waals surface area contributed by atoms with E-state index in [4.69, 9.17) is 9.40 Å². The summed E-state index contributed by atoms with van der Waals surface area (Å²) in [6.45, 7) is 4.32. The van der Waals surface area contributed by atoms with Crippen molar-refractivity contribution < 1.29 is 8.81 Å². The fourth-order valence-corrected chi connectivity index (χ4v) is 4.07. The van der Waals surface area contributed by atoms with Crippen LogP contribution in [0, 0.1) is 19.7 Å². The summed E-state index contributed by atoms with van der Waals surface area (Å²) in [7, 11) is 0. The van der Waals surface area contributed by atoms with Crippen LogP contribution < -0.4 is 5.32 Å². The highest BCUT2D eigenvalue weighted by atomic mass is 79.9. The average Bonchev–Trinajstić information content (AvgIpc) is 3.35. The Morgan fingerprint density at radius 2 is 1.94 bits per heavy atom. The van der Waals surface area contributed by atoms with E-state index >= 15 is 0 Å². The molecule has 4 aromatic rings. The number of nitrogens with one attached hydrogen (secondary N) is 1. The van der Waals surface area contributed by atoms with Gasteiger partial charge in [0.2, 0.25) is 0 Å². The van der Waals surface area contributed by atoms with Crippen molar-refractivity contribution in [1.82, 2.24) is 18.5 Å². The Morgan fingerprint density at radius 3 is 2.65 bits per heavy atom. The number of benzene rings is 2. The molecule has 5 rings (SSSR count). The molecule has 156 valence electrons. The molecule has 0 saturated carbocycles. The molecule has 0 amide bonds. The minimum absolute atomic E-state index is 0.247. The van der Waals surface area contributed by atoms with Crippen LogP contribution >= 0.6 is 16.1 Å². The Hall–Kier alpha value is -3.39. The van der Waals surface area contributed by atoms with E-state index in [1.807, 2.05) is 59.0 Å². The number of hydrogen-bond donors (Lipinski definition) is 1. The topological polar surface area (TPSA) is 59.1 Å². The van der Waals surface area contributed by atoms with Gasteiger partial charge in [-0.05, 0) is 55.0 Å². The quantitative estimate of drug-likeness (QED) is 0.366. The molecule has 1 N–H and O–H groups in total. The number of oxazole rings is 1. The molecule has 2 aromatic heterocycles. The number of aryl methyl sites for hydroxylation is 2. The molecule has 0 fully saturated rings. The summed E-state index contributed by atoms with van der Waals surface area (Å²) in [4.78, 5) is 8.98. The molecule has 0 radical (unpaired) electrons. The lowest BCUT2D eigenvalue weighted by molar-refractivity contribution is 0.482. The summed E-state index contributed by atoms with van der Waals surface area (Å²) < 4.78 is 23.0. The minimum Gasteiger partial charge on any atom is -0.441 e. The first kappa shape index (κ1) is 19.6. The molecular formula is C23H19BrFN5O. The van der Waals surface area contributed by atoms with Gasteiger partial charge in [-0.3, -0.25) is 3.93 Å². The first-order chi connectivity index (χ1) is 15.0. The van der Waals surface area contributed by atoms with Gasteiger partial charge >= 0.3 is 0 Å². The smallest absolute Gasteiger partial charge is 0.191 e. The fraction of sp³-hybridized carbons (Fsp3) is 0.130. The maximum Gasteiger partial charge on any atom is 0.191 e. The lowest BCUT2D eigenvalue weighted by Gasteiger charge is -2.23. The van der Waals surface area contributed by atoms with Gasteiger partial charge in [0.05, 0.1) is 33.7 Å². The van der Waals surface area contributed by atoms with Gasteiger partial charge in [0.1, 0.15) is 12.5 Å². The van der Waals surface area contributed by atoms with Crippen molar-refractivity contribution in [3.63, 3.8) is 0 Å². The first-order valence-corrected chi connectivity index (χ1v) is 10.5. The van der Waals surface area contributed by atoms with Crippen LogP contribution in [0.2, 0.25) is 0 Å². The Balaban J connectivity index is 1.43. The Morgan fingerprint density at radius 1 is 1.13 bits per heavy atom. The standard InChI is InChI=1S/C23H19BrFN5O/c1-14-9-17(25)5-8-19(14)20-11-29-13-30(24)12-21(23(29)28-20)27-18-6-3-16(4-7-18)22-10-26-15(2)31-22/h3-12,27H,13H2,1-2H3. The predicted octanol–water partition coefficient (Wildman–Crippen LogP) is 5.95. The molecule has 0 unspecified atom stereocenters. The third kappa shape index (κ3) is 3.86. The normalized spacial score (nSPS) is 13.2. The molecule has 1 aliphatic heterocycles. The second-order valence-electron chi connectivity index (χ2n) is 7.41. The molecule has 0 atom stereocenters. The van der Waals surface area contributed by atoms with Gasteiger partial charge in [-0.25, -0.2) is 14.4 Å². The van der Waals surface area contributed by atoms with Crippen molar-refractivity contribution in [2.75, 3.05) is 5.32 Å². The van der Waals surface area contributed by atoms with E-state index < -0.39 is 0 Å². The summed E-state index contributed by atoms with van der Waals surface area (Å²) in [5, 5.41) is 3.44. The highest BCUT2D eigenvalue weighted by Gasteiger charge is 2.21. The number of aromatic nitrogens is 3. The van der Waals surface area contributed by atoms with Crippen LogP contribution in [0.3, 0.4) is 0 Å². The molecule has 8 heteroatoms. The van der Waals surface area contributed by atoms with Crippen LogP contribution in [0.1, 0.15) is 17.3 Å². The van der Waals surface area contributed by atoms with E-state index in [0.29, 0.717) is 12.6 Å². The number of nitrogens with zero attached hydrogens (tertiary/aromatic N) is 4. The number of imidazole rings is 1. The summed E-state index contributed by atoms with van der Waals surface area (Å²) in [6, 6.07) is 12.7. The van der Waals surface area contributed by atoms with E-state index in [1.165, 1.54) is 12.1 Å². The maximum atomic E-state index is 13.5. The van der Waals surface area contributed by atoms with Crippen LogP contribution in [0.25, 0.3) is 28.3 Å². The van der Waals surface area contributed by atoms with Gasteiger partial charge in [-0.1, -0.05) is 0 Å². The van der Waals surface area contributed by atoms with E-state index in [-0.39, 0.29) is 5.82 Å². The zero-order valence-electron chi connectivity index (χ0n) is 16.9. The molecule has 0 saturated heterocycles. The van der Waals surface area contributed by atoms with Crippen LogP contribution in [-0.2, 0) is 6.67 Å². The molecular weight excluding hydrogens is 461 g/mol. The third-order valence-electron chi connectivity index (χ3n) is 5.11. The van der Waals surface area contributed by atoms with E-state index in [2.05, 4.69) is 26.4 Å². The van der Waals surface area contributed by atoms with Crippen LogP contribution in [0.4, 0.5) is 10.1 Å². The Bertz CT molecular complexity index is 1290. The summed E-state index contributed by atoms with van der Waals surface area (Å²) in [5.74, 6) is 1.94. The van der Waals surface area contributed by atoms with Crippen LogP contribution in [0.15, 0.2) is 65.5 Å². The number of anilines is 1. The van der Waals surface area contributed by atoms with Gasteiger partial charge in [-0.2, -0.15) is 0 Å². The van der Waals surface area contributed by atoms with Crippen LogP contribution in [-0.4, -0.2) is 18.5 Å². The molecule has 0 aliphatic carbocycles. The number of rotatable bonds is 4. The molecule has 2 aromatic carbocycles. The van der Waals surface area contributed by atoms with E-state index in [0.717, 1.165) is 45.4 Å². The van der Waals surface area contributed by atoms with Gasteiger partial charge in [0.15, 0.2) is 17.5 Å². The molecule has 0 spiro atoms. The third-order valence-corrected chi connectivity index (χ3v) is 5.54. The molecule has 3 heterocycles. The Labute approximate surface area is 187 Å². The summed E-state index contributed by atoms with van der Waals surface area (Å²) in [5.41, 5.74) is 5.29. The van der Waals surface area contributed by atoms with E-state index in [1.54, 1.807) is 12.3 Å². The van der Waals surface area contributed by atoms with Gasteiger partial charge < -0.3 is 14.3 Å². The summed E-state index contributed by atoms with van der Waals surface area (Å²) >= 11 is 3.55. The van der Waals surface area contributed by atoms with Gasteiger partial charge in [0.25, 0.3) is 0 Å². The van der Waals surface area contributed by atoms with E-state index in [9.17, 15) is 4.39 Å². The largest absolute Gasteiger partial charge is 0.441 e. The highest BCUT2D eigenvalue weighted by molar-refractivity contribution is 9.07. The predicted molar refractivity (Wildman–Crippen MR) is 121 cm³/mol. The second kappa shape index (κ2) is 7.70. The van der Waals surface area contributed by atoms with Gasteiger partial charge in [0, 0.05) is 36.1 Å². The van der Waals surface area contributed by atoms with Crippen molar-refractivity contribution in [3.05, 3.63) is 84.2 Å². The van der Waals surface area contributed by atoms with Crippen molar-refractivity contribution in [2.24, 2.45) is 0 Å². The lowest BCUT2D eigenvalue weighted by Crippen LogP contribution is -2.21. The van der Waals surface area contributed by atoms with Crippen molar-refractivity contribution in [2.45, 2.75) is 20.5 Å². The number of halogens is 2. The molecule has 31 heavy (non-hydrogen) atoms. The molecule has 0 bridgehead atoms. The maximum absolute atomic E-state index is 13.5. The monoisotopic (exact) mass is 479 g/mol.